The zero-order valence-corrected chi connectivity index (χ0v) is 16.3. The van der Waals surface area contributed by atoms with Gasteiger partial charge in [-0.25, -0.2) is 0 Å². The molecule has 2 aromatic heterocycles. The second kappa shape index (κ2) is 7.90. The molecule has 6 nitrogen and oxygen atoms in total. The zero-order chi connectivity index (χ0) is 19.5. The fraction of sp³-hybridized carbons (Fsp3) is 0.190. The van der Waals surface area contributed by atoms with Gasteiger partial charge in [-0.2, -0.15) is 0 Å². The number of hydrogen-bond donors (Lipinski definition) is 0. The van der Waals surface area contributed by atoms with Gasteiger partial charge in [0.1, 0.15) is 11.5 Å². The highest BCUT2D eigenvalue weighted by Gasteiger charge is 2.15. The summed E-state index contributed by atoms with van der Waals surface area (Å²) in [5.41, 5.74) is 0.745. The van der Waals surface area contributed by atoms with Gasteiger partial charge in [0.05, 0.1) is 11.3 Å². The van der Waals surface area contributed by atoms with Gasteiger partial charge in [0.15, 0.2) is 6.61 Å². The molecule has 4 rings (SSSR count). The molecule has 0 aliphatic heterocycles. The minimum Gasteiger partial charge on any atom is -0.466 e. The lowest BCUT2D eigenvalue weighted by molar-refractivity contribution is -0.142. The Hall–Kier alpha value is -3.06. The third-order valence-electron chi connectivity index (χ3n) is 4.17. The van der Waals surface area contributed by atoms with E-state index in [-0.39, 0.29) is 24.2 Å². The Balaban J connectivity index is 1.31. The fourth-order valence-corrected chi connectivity index (χ4v) is 3.59. The van der Waals surface area contributed by atoms with E-state index in [1.54, 1.807) is 0 Å². The first-order valence-corrected chi connectivity index (χ1v) is 9.74. The standard InChI is InChI=1S/C21H18N2O4S/c1-13-9-18(14(2)26-13)21-23-22-19(27-21)11-25-20(24)12-28-17-8-7-15-5-3-4-6-16(15)10-17/h3-10H,11-12H2,1-2H3. The molecule has 0 spiro atoms. The molecular formula is C21H18N2O4S. The number of ether oxygens (including phenoxy) is 1. The normalized spacial score (nSPS) is 11.1. The maximum Gasteiger partial charge on any atom is 0.316 e. The molecule has 0 unspecified atom stereocenters. The van der Waals surface area contributed by atoms with Crippen LogP contribution >= 0.6 is 11.8 Å². The first kappa shape index (κ1) is 18.3. The molecule has 0 radical (unpaired) electrons. The van der Waals surface area contributed by atoms with Crippen LogP contribution in [0.3, 0.4) is 0 Å². The minimum absolute atomic E-state index is 0.0556. The van der Waals surface area contributed by atoms with Crippen molar-refractivity contribution in [1.82, 2.24) is 10.2 Å². The Bertz CT molecular complexity index is 1130. The van der Waals surface area contributed by atoms with Crippen LogP contribution in [-0.2, 0) is 16.1 Å². The number of carbonyl (C=O) groups excluding carboxylic acids is 1. The van der Waals surface area contributed by atoms with Crippen molar-refractivity contribution in [3.63, 3.8) is 0 Å². The predicted molar refractivity (Wildman–Crippen MR) is 106 cm³/mol. The van der Waals surface area contributed by atoms with Crippen LogP contribution in [0.4, 0.5) is 0 Å². The number of furan rings is 1. The molecule has 0 saturated carbocycles. The van der Waals surface area contributed by atoms with Crippen molar-refractivity contribution >= 4 is 28.5 Å². The van der Waals surface area contributed by atoms with Gasteiger partial charge in [0.25, 0.3) is 11.8 Å². The summed E-state index contributed by atoms with van der Waals surface area (Å²) < 4.78 is 16.3. The summed E-state index contributed by atoms with van der Waals surface area (Å²) in [6.07, 6.45) is 0. The van der Waals surface area contributed by atoms with E-state index in [2.05, 4.69) is 22.3 Å². The van der Waals surface area contributed by atoms with Gasteiger partial charge in [0, 0.05) is 4.90 Å². The van der Waals surface area contributed by atoms with E-state index < -0.39 is 0 Å². The van der Waals surface area contributed by atoms with E-state index in [1.165, 1.54) is 17.1 Å². The Kier molecular flexibility index (Phi) is 5.16. The lowest BCUT2D eigenvalue weighted by atomic mass is 10.1. The summed E-state index contributed by atoms with van der Waals surface area (Å²) in [5, 5.41) is 10.2. The number of nitrogens with zero attached hydrogens (tertiary/aromatic N) is 2. The third kappa shape index (κ3) is 4.09. The number of fused-ring (bicyclic) bond motifs is 1. The molecule has 7 heteroatoms. The molecule has 0 aliphatic rings. The van der Waals surface area contributed by atoms with E-state index in [9.17, 15) is 4.79 Å². The molecule has 0 aliphatic carbocycles. The summed E-state index contributed by atoms with van der Waals surface area (Å²) >= 11 is 1.43. The molecule has 4 aromatic rings. The average molecular weight is 394 g/mol. The predicted octanol–water partition coefficient (Wildman–Crippen LogP) is 4.94. The van der Waals surface area contributed by atoms with E-state index >= 15 is 0 Å². The van der Waals surface area contributed by atoms with Crippen molar-refractivity contribution in [3.05, 3.63) is 65.9 Å². The van der Waals surface area contributed by atoms with E-state index in [0.29, 0.717) is 11.7 Å². The third-order valence-corrected chi connectivity index (χ3v) is 5.14. The highest BCUT2D eigenvalue weighted by molar-refractivity contribution is 8.00. The Morgan fingerprint density at radius 2 is 1.86 bits per heavy atom. The highest BCUT2D eigenvalue weighted by Crippen LogP contribution is 2.26. The zero-order valence-electron chi connectivity index (χ0n) is 15.5. The van der Waals surface area contributed by atoms with Crippen LogP contribution in [0.15, 0.2) is 62.3 Å². The number of carbonyl (C=O) groups is 1. The van der Waals surface area contributed by atoms with E-state index in [0.717, 1.165) is 21.6 Å². The fourth-order valence-electron chi connectivity index (χ4n) is 2.85. The molecular weight excluding hydrogens is 376 g/mol. The van der Waals surface area contributed by atoms with Gasteiger partial charge in [-0.1, -0.05) is 30.3 Å². The van der Waals surface area contributed by atoms with Crippen molar-refractivity contribution in [2.45, 2.75) is 25.3 Å². The Morgan fingerprint density at radius 1 is 1.04 bits per heavy atom. The number of aromatic nitrogens is 2. The summed E-state index contributed by atoms with van der Waals surface area (Å²) in [6, 6.07) is 16.0. The SMILES string of the molecule is Cc1cc(-c2nnc(COC(=O)CSc3ccc4ccccc4c3)o2)c(C)o1. The summed E-state index contributed by atoms with van der Waals surface area (Å²) in [4.78, 5) is 13.1. The molecule has 0 saturated heterocycles. The quantitative estimate of drug-likeness (QED) is 0.339. The van der Waals surface area contributed by atoms with Crippen LogP contribution in [0.1, 0.15) is 17.4 Å². The number of benzene rings is 2. The van der Waals surface area contributed by atoms with Gasteiger partial charge in [-0.15, -0.1) is 22.0 Å². The van der Waals surface area contributed by atoms with Crippen molar-refractivity contribution in [2.75, 3.05) is 5.75 Å². The second-order valence-corrected chi connectivity index (χ2v) is 7.33. The largest absolute Gasteiger partial charge is 0.466 e. The second-order valence-electron chi connectivity index (χ2n) is 6.29. The van der Waals surface area contributed by atoms with Crippen molar-refractivity contribution in [3.8, 4) is 11.5 Å². The maximum absolute atomic E-state index is 12.0. The first-order valence-electron chi connectivity index (χ1n) is 8.75. The summed E-state index contributed by atoms with van der Waals surface area (Å²) in [5.74, 6) is 1.94. The molecule has 2 heterocycles. The molecule has 0 N–H and O–H groups in total. The smallest absolute Gasteiger partial charge is 0.316 e. The first-order chi connectivity index (χ1) is 13.6. The number of aryl methyl sites for hydroxylation is 2. The molecule has 2 aromatic carbocycles. The van der Waals surface area contributed by atoms with Crippen LogP contribution in [0, 0.1) is 13.8 Å². The van der Waals surface area contributed by atoms with E-state index in [4.69, 9.17) is 13.6 Å². The van der Waals surface area contributed by atoms with Crippen LogP contribution < -0.4 is 0 Å². The summed E-state index contributed by atoms with van der Waals surface area (Å²) in [7, 11) is 0. The highest BCUT2D eigenvalue weighted by atomic mass is 32.2. The Labute approximate surface area is 165 Å². The number of hydrogen-bond acceptors (Lipinski definition) is 7. The minimum atomic E-state index is -0.340. The number of rotatable bonds is 6. The van der Waals surface area contributed by atoms with Gasteiger partial charge >= 0.3 is 5.97 Å². The molecule has 0 bridgehead atoms. The van der Waals surface area contributed by atoms with Crippen LogP contribution in [-0.4, -0.2) is 21.9 Å². The average Bonchev–Trinajstić information content (AvgIpc) is 3.30. The Morgan fingerprint density at radius 3 is 2.64 bits per heavy atom. The van der Waals surface area contributed by atoms with Crippen LogP contribution in [0.2, 0.25) is 0 Å². The molecule has 28 heavy (non-hydrogen) atoms. The van der Waals surface area contributed by atoms with E-state index in [1.807, 2.05) is 50.2 Å². The van der Waals surface area contributed by atoms with Gasteiger partial charge in [-0.05, 0) is 42.8 Å². The maximum atomic E-state index is 12.0. The monoisotopic (exact) mass is 394 g/mol. The topological polar surface area (TPSA) is 78.4 Å². The molecule has 0 fully saturated rings. The van der Waals surface area contributed by atoms with Gasteiger partial charge in [-0.3, -0.25) is 4.79 Å². The van der Waals surface area contributed by atoms with Crippen LogP contribution in [0.5, 0.6) is 0 Å². The number of thioether (sulfide) groups is 1. The van der Waals surface area contributed by atoms with Crippen molar-refractivity contribution < 1.29 is 18.4 Å². The van der Waals surface area contributed by atoms with Crippen LogP contribution in [0.25, 0.3) is 22.2 Å². The molecule has 0 amide bonds. The number of esters is 1. The van der Waals surface area contributed by atoms with Crippen molar-refractivity contribution in [1.29, 1.82) is 0 Å². The summed E-state index contributed by atoms with van der Waals surface area (Å²) in [6.45, 7) is 3.62. The van der Waals surface area contributed by atoms with Gasteiger partial charge < -0.3 is 13.6 Å². The van der Waals surface area contributed by atoms with Gasteiger partial charge in [0.2, 0.25) is 0 Å². The molecule has 142 valence electrons. The van der Waals surface area contributed by atoms with Crippen molar-refractivity contribution in [2.24, 2.45) is 0 Å². The lowest BCUT2D eigenvalue weighted by Crippen LogP contribution is -2.07. The lowest BCUT2D eigenvalue weighted by Gasteiger charge is -2.04. The molecule has 0 atom stereocenters.